The first-order valence-corrected chi connectivity index (χ1v) is 10.8. The summed E-state index contributed by atoms with van der Waals surface area (Å²) in [6, 6.07) is 7.32. The first-order valence-electron chi connectivity index (χ1n) is 10.8. The maximum atomic E-state index is 12.8. The van der Waals surface area contributed by atoms with Crippen LogP contribution in [0.3, 0.4) is 0 Å². The molecule has 3 heterocycles. The summed E-state index contributed by atoms with van der Waals surface area (Å²) in [5.41, 5.74) is 1.62. The Bertz CT molecular complexity index is 952. The number of aliphatic carboxylic acids is 1. The van der Waals surface area contributed by atoms with Gasteiger partial charge >= 0.3 is 5.97 Å². The lowest BCUT2D eigenvalue weighted by Gasteiger charge is -2.31. The number of rotatable bonds is 8. The third-order valence-electron chi connectivity index (χ3n) is 6.30. The highest BCUT2D eigenvalue weighted by atomic mass is 16.5. The van der Waals surface area contributed by atoms with Crippen molar-refractivity contribution in [2.24, 2.45) is 11.8 Å². The average Bonchev–Trinajstić information content (AvgIpc) is 3.50. The smallest absolute Gasteiger partial charge is 0.306 e. The Balaban J connectivity index is 1.15. The quantitative estimate of drug-likeness (QED) is 0.696. The van der Waals surface area contributed by atoms with Crippen LogP contribution in [-0.4, -0.2) is 46.2 Å². The van der Waals surface area contributed by atoms with E-state index in [9.17, 15) is 9.59 Å². The zero-order valence-corrected chi connectivity index (χ0v) is 17.1. The maximum absolute atomic E-state index is 12.8. The fourth-order valence-corrected chi connectivity index (χ4v) is 4.05. The third-order valence-corrected chi connectivity index (χ3v) is 6.30. The Morgan fingerprint density at radius 2 is 1.94 bits per heavy atom. The van der Waals surface area contributed by atoms with Crippen LogP contribution in [0.15, 0.2) is 36.7 Å². The fraction of sp³-hybridized carbons (Fsp3) is 0.478. The highest BCUT2D eigenvalue weighted by Gasteiger charge is 2.37. The lowest BCUT2D eigenvalue weighted by atomic mass is 9.73. The summed E-state index contributed by atoms with van der Waals surface area (Å²) in [7, 11) is 0. The van der Waals surface area contributed by atoms with Gasteiger partial charge in [0.2, 0.25) is 5.88 Å². The average molecular weight is 423 g/mol. The second-order valence-corrected chi connectivity index (χ2v) is 8.62. The number of carbonyl (C=O) groups is 2. The summed E-state index contributed by atoms with van der Waals surface area (Å²) in [6.07, 6.45) is 7.02. The molecule has 5 rings (SSSR count). The molecule has 2 aromatic rings. The van der Waals surface area contributed by atoms with Crippen molar-refractivity contribution in [2.75, 3.05) is 18.1 Å². The minimum absolute atomic E-state index is 0.0989. The van der Waals surface area contributed by atoms with Crippen LogP contribution in [0, 0.1) is 11.8 Å². The Hall–Kier alpha value is -3.16. The number of carboxylic acid groups (broad SMARTS) is 1. The number of carboxylic acids is 1. The second kappa shape index (κ2) is 8.17. The maximum Gasteiger partial charge on any atom is 0.306 e. The van der Waals surface area contributed by atoms with Crippen molar-refractivity contribution in [3.63, 3.8) is 0 Å². The van der Waals surface area contributed by atoms with Crippen LogP contribution in [0.1, 0.15) is 43.7 Å². The highest BCUT2D eigenvalue weighted by Crippen LogP contribution is 2.41. The Labute approximate surface area is 180 Å². The zero-order valence-electron chi connectivity index (χ0n) is 17.1. The number of pyridine rings is 2. The number of amides is 1. The minimum Gasteiger partial charge on any atom is -0.481 e. The Morgan fingerprint density at radius 1 is 1.10 bits per heavy atom. The van der Waals surface area contributed by atoms with Crippen LogP contribution in [-0.2, 0) is 9.59 Å². The van der Waals surface area contributed by atoms with Gasteiger partial charge in [0.1, 0.15) is 5.75 Å². The largest absolute Gasteiger partial charge is 0.481 e. The van der Waals surface area contributed by atoms with Crippen LogP contribution in [0.5, 0.6) is 11.6 Å². The van der Waals surface area contributed by atoms with Crippen LogP contribution >= 0.6 is 0 Å². The molecule has 0 aromatic carbocycles. The second-order valence-electron chi connectivity index (χ2n) is 8.62. The van der Waals surface area contributed by atoms with Gasteiger partial charge in [-0.25, -0.2) is 4.98 Å². The van der Waals surface area contributed by atoms with Crippen molar-refractivity contribution in [1.82, 2.24) is 9.97 Å². The molecule has 3 fully saturated rings. The van der Waals surface area contributed by atoms with E-state index in [4.69, 9.17) is 14.6 Å². The molecule has 1 atom stereocenters. The summed E-state index contributed by atoms with van der Waals surface area (Å²) < 4.78 is 11.5. The fourth-order valence-electron chi connectivity index (χ4n) is 4.05. The summed E-state index contributed by atoms with van der Waals surface area (Å²) >= 11 is 0. The van der Waals surface area contributed by atoms with Gasteiger partial charge in [-0.3, -0.25) is 14.6 Å². The zero-order chi connectivity index (χ0) is 21.4. The monoisotopic (exact) mass is 423 g/mol. The molecule has 8 heteroatoms. The van der Waals surface area contributed by atoms with E-state index in [1.54, 1.807) is 29.4 Å². The molecule has 2 aromatic heterocycles. The molecule has 1 amide bonds. The van der Waals surface area contributed by atoms with Gasteiger partial charge in [-0.2, -0.15) is 0 Å². The molecule has 0 spiro atoms. The molecule has 1 aliphatic heterocycles. The van der Waals surface area contributed by atoms with Crippen molar-refractivity contribution >= 4 is 17.6 Å². The summed E-state index contributed by atoms with van der Waals surface area (Å²) in [4.78, 5) is 34.2. The van der Waals surface area contributed by atoms with E-state index in [-0.39, 0.29) is 17.7 Å². The summed E-state index contributed by atoms with van der Waals surface area (Å²) in [5, 5.41) is 9.02. The van der Waals surface area contributed by atoms with E-state index in [1.165, 1.54) is 12.8 Å². The SMILES string of the molecule is O=C(O)C1CC(c2ccc(N3CC[C@@H](Oc4ccc(OCC5CC5)nc4)C3=O)cn2)C1. The number of carbonyl (C=O) groups excluding carboxylic acids is 1. The molecule has 3 aliphatic rings. The Morgan fingerprint density at radius 3 is 2.58 bits per heavy atom. The van der Waals surface area contributed by atoms with Crippen molar-refractivity contribution in [1.29, 1.82) is 0 Å². The first kappa shape index (κ1) is 19.8. The van der Waals surface area contributed by atoms with Gasteiger partial charge in [-0.15, -0.1) is 0 Å². The van der Waals surface area contributed by atoms with Gasteiger partial charge in [0.25, 0.3) is 5.91 Å². The van der Waals surface area contributed by atoms with Crippen LogP contribution in [0.25, 0.3) is 0 Å². The lowest BCUT2D eigenvalue weighted by Crippen LogP contribution is -2.32. The van der Waals surface area contributed by atoms with E-state index in [1.807, 2.05) is 12.1 Å². The first-order chi connectivity index (χ1) is 15.1. The van der Waals surface area contributed by atoms with E-state index in [0.29, 0.717) is 50.0 Å². The summed E-state index contributed by atoms with van der Waals surface area (Å²) in [5.74, 6) is 0.868. The molecule has 0 radical (unpaired) electrons. The standard InChI is InChI=1S/C23H25N3O5/c27-22-20(31-18-4-6-21(25-12-18)30-13-14-1-2-14)7-8-26(22)17-3-5-19(24-11-17)15-9-16(10-15)23(28)29/h3-6,11-12,14-16,20H,1-2,7-10,13H2,(H,28,29)/t15?,16?,20-/m1/s1. The normalized spacial score (nSPS) is 25.2. The molecule has 31 heavy (non-hydrogen) atoms. The number of ether oxygens (including phenoxy) is 2. The molecule has 0 bridgehead atoms. The molecular formula is C23H25N3O5. The molecule has 2 aliphatic carbocycles. The van der Waals surface area contributed by atoms with Gasteiger partial charge in [0.15, 0.2) is 6.10 Å². The minimum atomic E-state index is -0.739. The number of nitrogens with zero attached hydrogens (tertiary/aromatic N) is 3. The van der Waals surface area contributed by atoms with E-state index < -0.39 is 12.1 Å². The number of hydrogen-bond acceptors (Lipinski definition) is 6. The molecular weight excluding hydrogens is 398 g/mol. The molecule has 162 valence electrons. The van der Waals surface area contributed by atoms with Crippen LogP contribution < -0.4 is 14.4 Å². The summed E-state index contributed by atoms with van der Waals surface area (Å²) in [6.45, 7) is 1.27. The van der Waals surface area contributed by atoms with Gasteiger partial charge < -0.3 is 19.5 Å². The molecule has 8 nitrogen and oxygen atoms in total. The van der Waals surface area contributed by atoms with Gasteiger partial charge in [0.05, 0.1) is 30.6 Å². The molecule has 0 unspecified atom stereocenters. The van der Waals surface area contributed by atoms with Gasteiger partial charge in [-0.1, -0.05) is 0 Å². The molecule has 1 N–H and O–H groups in total. The van der Waals surface area contributed by atoms with E-state index >= 15 is 0 Å². The van der Waals surface area contributed by atoms with Crippen molar-refractivity contribution in [3.8, 4) is 11.6 Å². The molecule has 2 saturated carbocycles. The van der Waals surface area contributed by atoms with Gasteiger partial charge in [0, 0.05) is 30.6 Å². The number of aromatic nitrogens is 2. The van der Waals surface area contributed by atoms with Crippen LogP contribution in [0.2, 0.25) is 0 Å². The van der Waals surface area contributed by atoms with Crippen molar-refractivity contribution in [3.05, 3.63) is 42.4 Å². The van der Waals surface area contributed by atoms with Crippen molar-refractivity contribution in [2.45, 2.75) is 44.1 Å². The predicted octanol–water partition coefficient (Wildman–Crippen LogP) is 3.03. The number of hydrogen-bond donors (Lipinski definition) is 1. The van der Waals surface area contributed by atoms with E-state index in [2.05, 4.69) is 9.97 Å². The van der Waals surface area contributed by atoms with Gasteiger partial charge in [-0.05, 0) is 49.8 Å². The topological polar surface area (TPSA) is 102 Å². The van der Waals surface area contributed by atoms with E-state index in [0.717, 1.165) is 11.4 Å². The molecule has 1 saturated heterocycles. The lowest BCUT2D eigenvalue weighted by molar-refractivity contribution is -0.145. The third kappa shape index (κ3) is 4.33. The van der Waals surface area contributed by atoms with Crippen LogP contribution in [0.4, 0.5) is 5.69 Å². The van der Waals surface area contributed by atoms with Crippen molar-refractivity contribution < 1.29 is 24.2 Å². The predicted molar refractivity (Wildman–Crippen MR) is 111 cm³/mol. The Kier molecular flexibility index (Phi) is 5.21. The number of anilines is 1. The highest BCUT2D eigenvalue weighted by molar-refractivity contribution is 5.98.